The Balaban J connectivity index is 1.89. The average Bonchev–Trinajstić information content (AvgIpc) is 3.15. The van der Waals surface area contributed by atoms with Gasteiger partial charge in [-0.15, -0.1) is 23.5 Å². The van der Waals surface area contributed by atoms with E-state index in [2.05, 4.69) is 6.07 Å². The number of nitriles is 1. The van der Waals surface area contributed by atoms with E-state index in [4.69, 9.17) is 4.74 Å². The van der Waals surface area contributed by atoms with Crippen LogP contribution < -0.4 is 9.64 Å². The third kappa shape index (κ3) is 4.33. The van der Waals surface area contributed by atoms with Crippen LogP contribution in [0.1, 0.15) is 5.56 Å². The highest BCUT2D eigenvalue weighted by molar-refractivity contribution is 8.04. The number of methoxy groups -OCH3 is 1. The lowest BCUT2D eigenvalue weighted by Crippen LogP contribution is -2.35. The van der Waals surface area contributed by atoms with Crippen LogP contribution in [0, 0.1) is 17.1 Å². The fourth-order valence-electron chi connectivity index (χ4n) is 2.92. The fraction of sp³-hybridized carbons (Fsp3) is 0.316. The van der Waals surface area contributed by atoms with Gasteiger partial charge in [0, 0.05) is 17.2 Å². The van der Waals surface area contributed by atoms with E-state index in [0.29, 0.717) is 18.4 Å². The molecule has 1 heterocycles. The molecule has 28 heavy (non-hydrogen) atoms. The molecular weight excluding hydrogens is 412 g/mol. The first-order chi connectivity index (χ1) is 13.3. The summed E-state index contributed by atoms with van der Waals surface area (Å²) >= 11 is 2.33. The van der Waals surface area contributed by atoms with Crippen molar-refractivity contribution in [2.45, 2.75) is 21.7 Å². The monoisotopic (exact) mass is 428 g/mol. The molecule has 1 fully saturated rings. The zero-order chi connectivity index (χ0) is 20.3. The molecule has 0 N–H and O–H groups in total. The Kier molecular flexibility index (Phi) is 6.30. The Morgan fingerprint density at radius 3 is 2.71 bits per heavy atom. The summed E-state index contributed by atoms with van der Waals surface area (Å²) in [6.45, 7) is 0.652. The summed E-state index contributed by atoms with van der Waals surface area (Å²) in [5.74, 6) is 0.610. The van der Waals surface area contributed by atoms with Crippen LogP contribution in [0.5, 0.6) is 5.75 Å². The number of hydrogen-bond donors (Lipinski definition) is 0. The van der Waals surface area contributed by atoms with Gasteiger partial charge in [0.05, 0.1) is 24.4 Å². The number of hydrogen-bond acceptors (Lipinski definition) is 5. The second-order valence-corrected chi connectivity index (χ2v) is 8.35. The SMILES string of the molecule is COc1ccccc1N1CCSC1C(C#N)Sc1cc(C(F)(F)F)ccc1F. The van der Waals surface area contributed by atoms with E-state index < -0.39 is 22.8 Å². The normalized spacial score (nSPS) is 18.0. The molecule has 148 valence electrons. The van der Waals surface area contributed by atoms with Gasteiger partial charge in [0.2, 0.25) is 0 Å². The summed E-state index contributed by atoms with van der Waals surface area (Å²) in [5, 5.41) is 8.56. The highest BCUT2D eigenvalue weighted by Gasteiger charge is 2.36. The van der Waals surface area contributed by atoms with Crippen molar-refractivity contribution in [3.05, 3.63) is 53.8 Å². The van der Waals surface area contributed by atoms with E-state index in [1.165, 1.54) is 11.8 Å². The largest absolute Gasteiger partial charge is 0.495 e. The van der Waals surface area contributed by atoms with Crippen LogP contribution in [-0.4, -0.2) is 30.0 Å². The number of alkyl halides is 3. The summed E-state index contributed by atoms with van der Waals surface area (Å²) < 4.78 is 58.4. The lowest BCUT2D eigenvalue weighted by atomic mass is 10.2. The first-order valence-corrected chi connectivity index (χ1v) is 10.2. The summed E-state index contributed by atoms with van der Waals surface area (Å²) in [5.41, 5.74) is -0.140. The summed E-state index contributed by atoms with van der Waals surface area (Å²) in [4.78, 5) is 1.80. The van der Waals surface area contributed by atoms with Crippen LogP contribution in [0.25, 0.3) is 0 Å². The van der Waals surface area contributed by atoms with Crippen LogP contribution in [0.3, 0.4) is 0 Å². The second kappa shape index (κ2) is 8.53. The lowest BCUT2D eigenvalue weighted by molar-refractivity contribution is -0.137. The minimum Gasteiger partial charge on any atom is -0.495 e. The molecule has 0 saturated carbocycles. The number of benzene rings is 2. The molecule has 2 unspecified atom stereocenters. The molecule has 3 nitrogen and oxygen atoms in total. The van der Waals surface area contributed by atoms with E-state index in [1.807, 2.05) is 23.1 Å². The lowest BCUT2D eigenvalue weighted by Gasteiger charge is -2.30. The Morgan fingerprint density at radius 1 is 1.29 bits per heavy atom. The van der Waals surface area contributed by atoms with Crippen LogP contribution in [0.15, 0.2) is 47.4 Å². The average molecular weight is 428 g/mol. The Labute approximate surface area is 168 Å². The molecule has 0 aromatic heterocycles. The maximum atomic E-state index is 14.1. The van der Waals surface area contributed by atoms with E-state index in [0.717, 1.165) is 35.3 Å². The van der Waals surface area contributed by atoms with Crippen molar-refractivity contribution >= 4 is 29.2 Å². The zero-order valence-corrected chi connectivity index (χ0v) is 16.4. The standard InChI is InChI=1S/C19H16F4N2OS2/c1-26-15-5-3-2-4-14(15)25-8-9-27-18(25)17(11-24)28-16-10-12(19(21,22)23)6-7-13(16)20/h2-7,10,17-18H,8-9H2,1H3. The number of thioether (sulfide) groups is 2. The fourth-order valence-corrected chi connectivity index (χ4v) is 5.47. The number of halogens is 4. The van der Waals surface area contributed by atoms with Crippen molar-refractivity contribution in [2.75, 3.05) is 24.3 Å². The molecule has 9 heteroatoms. The van der Waals surface area contributed by atoms with Gasteiger partial charge in [0.25, 0.3) is 0 Å². The number of rotatable bonds is 5. The van der Waals surface area contributed by atoms with Gasteiger partial charge in [-0.05, 0) is 30.3 Å². The highest BCUT2D eigenvalue weighted by Crippen LogP contribution is 2.42. The molecule has 0 radical (unpaired) electrons. The van der Waals surface area contributed by atoms with Crippen LogP contribution >= 0.6 is 23.5 Å². The van der Waals surface area contributed by atoms with Crippen LogP contribution in [-0.2, 0) is 6.18 Å². The van der Waals surface area contributed by atoms with Gasteiger partial charge in [0.1, 0.15) is 22.2 Å². The van der Waals surface area contributed by atoms with E-state index in [9.17, 15) is 22.8 Å². The van der Waals surface area contributed by atoms with Gasteiger partial charge in [-0.25, -0.2) is 4.39 Å². The van der Waals surface area contributed by atoms with Crippen molar-refractivity contribution < 1.29 is 22.3 Å². The number of para-hydroxylation sites is 2. The molecule has 0 aliphatic carbocycles. The molecular formula is C19H16F4N2OS2. The van der Waals surface area contributed by atoms with Gasteiger partial charge in [0.15, 0.2) is 0 Å². The molecule has 0 amide bonds. The predicted octanol–water partition coefficient (Wildman–Crippen LogP) is 5.42. The maximum Gasteiger partial charge on any atom is 0.416 e. The van der Waals surface area contributed by atoms with Crippen molar-refractivity contribution in [1.29, 1.82) is 5.26 Å². The first-order valence-electron chi connectivity index (χ1n) is 8.29. The molecule has 1 aliphatic heterocycles. The smallest absolute Gasteiger partial charge is 0.416 e. The molecule has 1 saturated heterocycles. The number of anilines is 1. The Morgan fingerprint density at radius 2 is 2.04 bits per heavy atom. The van der Waals surface area contributed by atoms with Crippen LogP contribution in [0.2, 0.25) is 0 Å². The van der Waals surface area contributed by atoms with Gasteiger partial charge < -0.3 is 9.64 Å². The van der Waals surface area contributed by atoms with Crippen LogP contribution in [0.4, 0.5) is 23.2 Å². The molecule has 2 aromatic rings. The minimum atomic E-state index is -4.57. The van der Waals surface area contributed by atoms with Gasteiger partial charge in [-0.2, -0.15) is 18.4 Å². The summed E-state index contributed by atoms with van der Waals surface area (Å²) in [6, 6.07) is 11.7. The Hall–Kier alpha value is -2.05. The third-order valence-electron chi connectivity index (χ3n) is 4.22. The summed E-state index contributed by atoms with van der Waals surface area (Å²) in [7, 11) is 1.55. The minimum absolute atomic E-state index is 0.186. The maximum absolute atomic E-state index is 14.1. The zero-order valence-electron chi connectivity index (χ0n) is 14.7. The van der Waals surface area contributed by atoms with E-state index in [1.54, 1.807) is 13.2 Å². The third-order valence-corrected chi connectivity index (χ3v) is 6.86. The second-order valence-electron chi connectivity index (χ2n) is 5.94. The Bertz CT molecular complexity index is 885. The topological polar surface area (TPSA) is 36.3 Å². The van der Waals surface area contributed by atoms with Crippen molar-refractivity contribution in [2.24, 2.45) is 0 Å². The van der Waals surface area contributed by atoms with Gasteiger partial charge >= 0.3 is 6.18 Å². The number of nitrogens with zero attached hydrogens (tertiary/aromatic N) is 2. The van der Waals surface area contributed by atoms with Crippen molar-refractivity contribution in [3.8, 4) is 11.8 Å². The van der Waals surface area contributed by atoms with Gasteiger partial charge in [-0.3, -0.25) is 0 Å². The highest BCUT2D eigenvalue weighted by atomic mass is 32.2. The van der Waals surface area contributed by atoms with Crippen molar-refractivity contribution in [3.63, 3.8) is 0 Å². The van der Waals surface area contributed by atoms with E-state index >= 15 is 0 Å². The first kappa shape index (κ1) is 20.7. The molecule has 0 spiro atoms. The van der Waals surface area contributed by atoms with Crippen molar-refractivity contribution in [1.82, 2.24) is 0 Å². The molecule has 2 aromatic carbocycles. The van der Waals surface area contributed by atoms with Gasteiger partial charge in [-0.1, -0.05) is 12.1 Å². The number of ether oxygens (including phenoxy) is 1. The molecule has 3 rings (SSSR count). The molecule has 1 aliphatic rings. The molecule has 2 atom stereocenters. The quantitative estimate of drug-likeness (QED) is 0.470. The summed E-state index contributed by atoms with van der Waals surface area (Å²) in [6.07, 6.45) is -4.57. The molecule has 0 bridgehead atoms. The predicted molar refractivity (Wildman–Crippen MR) is 103 cm³/mol. The van der Waals surface area contributed by atoms with E-state index in [-0.39, 0.29) is 10.3 Å².